The van der Waals surface area contributed by atoms with E-state index in [0.29, 0.717) is 35.4 Å². The van der Waals surface area contributed by atoms with Crippen LogP contribution in [0.25, 0.3) is 22.5 Å². The minimum atomic E-state index is -2.94. The number of nitrogens with one attached hydrogen (secondary N) is 2. The van der Waals surface area contributed by atoms with Gasteiger partial charge in [-0.05, 0) is 98.9 Å². The summed E-state index contributed by atoms with van der Waals surface area (Å²) in [6, 6.07) is 17.9. The summed E-state index contributed by atoms with van der Waals surface area (Å²) >= 11 is 0. The van der Waals surface area contributed by atoms with Crippen LogP contribution < -0.4 is 10.0 Å². The van der Waals surface area contributed by atoms with E-state index >= 15 is 0 Å². The molecule has 3 aromatic carbocycles. The first kappa shape index (κ1) is 27.5. The van der Waals surface area contributed by atoms with Gasteiger partial charge in [0.1, 0.15) is 0 Å². The molecule has 1 aromatic heterocycles. The molecule has 1 fully saturated rings. The Hall–Kier alpha value is -4.04. The number of alkyl halides is 2. The zero-order valence-corrected chi connectivity index (χ0v) is 23.4. The van der Waals surface area contributed by atoms with Gasteiger partial charge >= 0.3 is 0 Å². The second kappa shape index (κ2) is 10.5. The van der Waals surface area contributed by atoms with Gasteiger partial charge in [0.15, 0.2) is 5.69 Å². The summed E-state index contributed by atoms with van der Waals surface area (Å²) in [5, 5.41) is 16.2. The summed E-state index contributed by atoms with van der Waals surface area (Å²) in [5.41, 5.74) is 6.37. The van der Waals surface area contributed by atoms with Gasteiger partial charge in [-0.2, -0.15) is 0 Å². The molecule has 1 aliphatic rings. The topological polar surface area (TPSA) is 75.1 Å². The number of hydrogen-bond donors (Lipinski definition) is 2. The number of benzene rings is 3. The number of anilines is 1. The van der Waals surface area contributed by atoms with E-state index in [1.54, 1.807) is 13.0 Å². The fourth-order valence-corrected chi connectivity index (χ4v) is 5.38. The Morgan fingerprint density at radius 2 is 1.68 bits per heavy atom. The number of H-pyrrole nitrogens is 1. The molecule has 0 radical (unpaired) electrons. The van der Waals surface area contributed by atoms with Gasteiger partial charge in [0, 0.05) is 30.6 Å². The maximum absolute atomic E-state index is 14.6. The lowest BCUT2D eigenvalue weighted by Crippen LogP contribution is -2.36. The monoisotopic (exact) mass is 544 g/mol. The van der Waals surface area contributed by atoms with Crippen molar-refractivity contribution in [3.63, 3.8) is 0 Å². The Morgan fingerprint density at radius 3 is 2.33 bits per heavy atom. The third-order valence-electron chi connectivity index (χ3n) is 7.41. The molecule has 2 N–H and O–H groups in total. The van der Waals surface area contributed by atoms with E-state index in [1.807, 2.05) is 32.3 Å². The fraction of sp³-hybridized carbons (Fsp3) is 0.312. The lowest BCUT2D eigenvalue weighted by molar-refractivity contribution is -0.594. The van der Waals surface area contributed by atoms with E-state index < -0.39 is 17.7 Å². The molecule has 0 atom stereocenters. The normalized spacial score (nSPS) is 13.6. The SMILES string of the molecule is Cc1cccc(C)c1-c1cc(CN(C)C)cc(-c2[nH]c(C)c(C(=O)Nc3cccc(C(F)(F)C4CC4)c3)[n+]2[O-])c1. The molecule has 0 spiro atoms. The minimum absolute atomic E-state index is 0.110. The molecule has 6 nitrogen and oxygen atoms in total. The molecular weight excluding hydrogens is 510 g/mol. The predicted octanol–water partition coefficient (Wildman–Crippen LogP) is 6.72. The van der Waals surface area contributed by atoms with E-state index in [-0.39, 0.29) is 22.8 Å². The van der Waals surface area contributed by atoms with Crippen molar-refractivity contribution in [3.05, 3.63) is 99.5 Å². The second-order valence-corrected chi connectivity index (χ2v) is 11.1. The molecule has 40 heavy (non-hydrogen) atoms. The second-order valence-electron chi connectivity index (χ2n) is 11.1. The summed E-state index contributed by atoms with van der Waals surface area (Å²) in [7, 11) is 3.96. The van der Waals surface area contributed by atoms with Crippen molar-refractivity contribution in [2.45, 2.75) is 46.1 Å². The maximum atomic E-state index is 14.6. The van der Waals surface area contributed by atoms with Crippen LogP contribution >= 0.6 is 0 Å². The molecule has 208 valence electrons. The van der Waals surface area contributed by atoms with Crippen LogP contribution in [0.3, 0.4) is 0 Å². The largest absolute Gasteiger partial charge is 0.710 e. The number of carbonyl (C=O) groups is 1. The zero-order chi connectivity index (χ0) is 28.8. The highest BCUT2D eigenvalue weighted by molar-refractivity contribution is 6.02. The summed E-state index contributed by atoms with van der Waals surface area (Å²) in [5.74, 6) is -4.03. The van der Waals surface area contributed by atoms with Crippen molar-refractivity contribution in [2.24, 2.45) is 5.92 Å². The molecule has 0 aliphatic heterocycles. The van der Waals surface area contributed by atoms with E-state index in [9.17, 15) is 18.8 Å². The van der Waals surface area contributed by atoms with E-state index in [0.717, 1.165) is 27.8 Å². The average molecular weight is 545 g/mol. The van der Waals surface area contributed by atoms with Crippen LogP contribution in [-0.4, -0.2) is 29.9 Å². The zero-order valence-electron chi connectivity index (χ0n) is 23.4. The number of hydrogen-bond acceptors (Lipinski definition) is 3. The third-order valence-corrected chi connectivity index (χ3v) is 7.41. The number of rotatable bonds is 8. The number of aromatic nitrogens is 2. The molecule has 0 bridgehead atoms. The summed E-state index contributed by atoms with van der Waals surface area (Å²) < 4.78 is 29.9. The van der Waals surface area contributed by atoms with E-state index in [4.69, 9.17) is 0 Å². The molecule has 0 saturated heterocycles. The highest BCUT2D eigenvalue weighted by Gasteiger charge is 2.48. The Bertz CT molecular complexity index is 1570. The van der Waals surface area contributed by atoms with E-state index in [1.165, 1.54) is 18.2 Å². The van der Waals surface area contributed by atoms with Crippen molar-refractivity contribution in [2.75, 3.05) is 19.4 Å². The standard InChI is InChI=1S/C32H34F2N4O2/c1-19-8-6-9-20(2)28(19)23-14-22(18-37(4)5)15-24(16-23)30-35-21(3)29(38(30)40)31(39)36-27-11-7-10-26(17-27)32(33,34)25-12-13-25/h6-11,14-17,25,35H,12-13,18H2,1-5H3,(H,36,39). The van der Waals surface area contributed by atoms with Gasteiger partial charge in [-0.25, -0.2) is 18.5 Å². The predicted molar refractivity (Wildman–Crippen MR) is 153 cm³/mol. The van der Waals surface area contributed by atoms with Crippen LogP contribution in [0.15, 0.2) is 60.7 Å². The quantitative estimate of drug-likeness (QED) is 0.191. The first-order chi connectivity index (χ1) is 19.0. The molecule has 1 aliphatic carbocycles. The van der Waals surface area contributed by atoms with Crippen LogP contribution in [0.5, 0.6) is 0 Å². The number of amides is 1. The van der Waals surface area contributed by atoms with Crippen LogP contribution in [0, 0.1) is 31.9 Å². The van der Waals surface area contributed by atoms with Crippen molar-refractivity contribution in [3.8, 4) is 22.5 Å². The third kappa shape index (κ3) is 5.36. The summed E-state index contributed by atoms with van der Waals surface area (Å²) in [6.07, 6.45) is 0.984. The number of aryl methyl sites for hydroxylation is 3. The molecule has 1 saturated carbocycles. The maximum Gasteiger partial charge on any atom is 0.300 e. The number of imidazole rings is 1. The van der Waals surface area contributed by atoms with Gasteiger partial charge in [-0.15, -0.1) is 0 Å². The summed E-state index contributed by atoms with van der Waals surface area (Å²) in [6.45, 7) is 6.44. The Kier molecular flexibility index (Phi) is 7.23. The van der Waals surface area contributed by atoms with Gasteiger partial charge in [-0.3, -0.25) is 4.79 Å². The van der Waals surface area contributed by atoms with Gasteiger partial charge in [0.2, 0.25) is 5.69 Å². The lowest BCUT2D eigenvalue weighted by atomic mass is 9.93. The highest BCUT2D eigenvalue weighted by Crippen LogP contribution is 2.49. The number of aromatic amines is 1. The number of halogens is 2. The molecule has 5 rings (SSSR count). The minimum Gasteiger partial charge on any atom is -0.710 e. The lowest BCUT2D eigenvalue weighted by Gasteiger charge is -2.17. The van der Waals surface area contributed by atoms with Crippen LogP contribution in [0.1, 0.15) is 51.3 Å². The first-order valence-electron chi connectivity index (χ1n) is 13.4. The van der Waals surface area contributed by atoms with Crippen molar-refractivity contribution in [1.82, 2.24) is 9.88 Å². The Morgan fingerprint density at radius 1 is 1.02 bits per heavy atom. The van der Waals surface area contributed by atoms with Gasteiger partial charge < -0.3 is 15.4 Å². The average Bonchev–Trinajstić information content (AvgIpc) is 3.69. The van der Waals surface area contributed by atoms with Crippen molar-refractivity contribution in [1.29, 1.82) is 0 Å². The van der Waals surface area contributed by atoms with Gasteiger partial charge in [0.05, 0.1) is 5.56 Å². The molecule has 8 heteroatoms. The first-order valence-corrected chi connectivity index (χ1v) is 13.4. The molecule has 0 unspecified atom stereocenters. The summed E-state index contributed by atoms with van der Waals surface area (Å²) in [4.78, 5) is 18.4. The van der Waals surface area contributed by atoms with Crippen LogP contribution in [-0.2, 0) is 12.5 Å². The number of nitrogens with zero attached hydrogens (tertiary/aromatic N) is 2. The molecule has 4 aromatic rings. The highest BCUT2D eigenvalue weighted by atomic mass is 19.3. The Balaban J connectivity index is 1.51. The molecule has 1 amide bonds. The smallest absolute Gasteiger partial charge is 0.300 e. The van der Waals surface area contributed by atoms with Gasteiger partial charge in [-0.1, -0.05) is 30.3 Å². The van der Waals surface area contributed by atoms with Crippen LogP contribution in [0.4, 0.5) is 14.5 Å². The van der Waals surface area contributed by atoms with Crippen molar-refractivity contribution >= 4 is 11.6 Å². The van der Waals surface area contributed by atoms with Gasteiger partial charge in [0.25, 0.3) is 17.7 Å². The van der Waals surface area contributed by atoms with Crippen LogP contribution in [0.2, 0.25) is 0 Å². The van der Waals surface area contributed by atoms with Crippen molar-refractivity contribution < 1.29 is 18.3 Å². The fourth-order valence-electron chi connectivity index (χ4n) is 5.38. The Labute approximate surface area is 233 Å². The number of carbonyl (C=O) groups excluding carboxylic acids is 1. The molecular formula is C32H34F2N4O2. The van der Waals surface area contributed by atoms with E-state index in [2.05, 4.69) is 47.2 Å². The molecule has 1 heterocycles.